The molecule has 3 amide bonds. The number of carbonyl (C=O) groups excluding carboxylic acids is 2. The molecule has 3 aromatic carbocycles. The molecule has 0 saturated heterocycles. The molecule has 188 valence electrons. The molecule has 4 N–H and O–H groups in total. The molecule has 0 spiro atoms. The molecule has 4 rings (SSSR count). The zero-order chi connectivity index (χ0) is 25.9. The normalized spacial score (nSPS) is 18.4. The number of amides is 3. The summed E-state index contributed by atoms with van der Waals surface area (Å²) in [4.78, 5) is 31.5. The Balaban J connectivity index is 1.31. The number of carbonyl (C=O) groups is 2. The molecule has 2 atom stereocenters. The number of rotatable bonds is 8. The van der Waals surface area contributed by atoms with Crippen LogP contribution >= 0.6 is 0 Å². The third kappa shape index (κ3) is 5.51. The predicted molar refractivity (Wildman–Crippen MR) is 144 cm³/mol. The highest BCUT2D eigenvalue weighted by atomic mass is 16.2. The van der Waals surface area contributed by atoms with E-state index in [1.807, 2.05) is 62.4 Å². The molecule has 0 aromatic heterocycles. The first-order valence-electron chi connectivity index (χ1n) is 12.4. The lowest BCUT2D eigenvalue weighted by atomic mass is 9.91. The Hall–Kier alpha value is -3.87. The van der Waals surface area contributed by atoms with Crippen LogP contribution in [0.25, 0.3) is 10.8 Å². The van der Waals surface area contributed by atoms with Gasteiger partial charge in [0, 0.05) is 6.54 Å². The second kappa shape index (κ2) is 10.4. The van der Waals surface area contributed by atoms with Gasteiger partial charge in [0.2, 0.25) is 0 Å². The lowest BCUT2D eigenvalue weighted by Crippen LogP contribution is -2.43. The fourth-order valence-corrected chi connectivity index (χ4v) is 4.92. The number of fused-ring (bicyclic) bond motifs is 1. The third-order valence-corrected chi connectivity index (χ3v) is 6.60. The molecule has 0 saturated carbocycles. The van der Waals surface area contributed by atoms with E-state index in [4.69, 9.17) is 5.73 Å². The molecule has 2 unspecified atom stereocenters. The van der Waals surface area contributed by atoms with E-state index in [1.165, 1.54) is 0 Å². The van der Waals surface area contributed by atoms with Crippen molar-refractivity contribution < 1.29 is 9.59 Å². The van der Waals surface area contributed by atoms with Gasteiger partial charge < -0.3 is 16.4 Å². The number of hydrogen-bond acceptors (Lipinski definition) is 4. The largest absolute Gasteiger partial charge is 0.369 e. The summed E-state index contributed by atoms with van der Waals surface area (Å²) in [6.45, 7) is 8.75. The molecule has 0 bridgehead atoms. The Kier molecular flexibility index (Phi) is 7.29. The Bertz CT molecular complexity index is 1280. The van der Waals surface area contributed by atoms with E-state index in [-0.39, 0.29) is 23.9 Å². The molecule has 7 heteroatoms. The maximum Gasteiger partial charge on any atom is 0.315 e. The average molecular weight is 486 g/mol. The molecule has 1 heterocycles. The highest BCUT2D eigenvalue weighted by molar-refractivity contribution is 6.06. The summed E-state index contributed by atoms with van der Waals surface area (Å²) >= 11 is 0. The van der Waals surface area contributed by atoms with Crippen LogP contribution in [0.15, 0.2) is 71.7 Å². The van der Waals surface area contributed by atoms with Crippen LogP contribution in [0, 0.1) is 5.92 Å². The number of guanidine groups is 1. The minimum absolute atomic E-state index is 0.0589. The smallest absolute Gasteiger partial charge is 0.315 e. The Labute approximate surface area is 212 Å². The van der Waals surface area contributed by atoms with E-state index in [1.54, 1.807) is 4.90 Å². The quantitative estimate of drug-likeness (QED) is 0.425. The maximum absolute atomic E-state index is 13.0. The number of nitrogens with two attached hydrogens (primary N) is 1. The van der Waals surface area contributed by atoms with E-state index in [9.17, 15) is 9.59 Å². The Morgan fingerprint density at radius 2 is 1.67 bits per heavy atom. The number of nitrogens with one attached hydrogen (secondary N) is 2. The summed E-state index contributed by atoms with van der Waals surface area (Å²) < 4.78 is 0. The van der Waals surface area contributed by atoms with Crippen LogP contribution in [0.4, 0.5) is 4.79 Å². The van der Waals surface area contributed by atoms with Gasteiger partial charge in [-0.1, -0.05) is 80.6 Å². The van der Waals surface area contributed by atoms with Gasteiger partial charge in [0.05, 0.1) is 12.6 Å². The van der Waals surface area contributed by atoms with Gasteiger partial charge >= 0.3 is 6.03 Å². The van der Waals surface area contributed by atoms with Crippen LogP contribution in [0.5, 0.6) is 0 Å². The number of nitrogens with zero attached hydrogens (tertiary/aromatic N) is 2. The predicted octanol–water partition coefficient (Wildman–Crippen LogP) is 4.86. The first-order chi connectivity index (χ1) is 17.2. The molecule has 0 fully saturated rings. The number of hydrogen-bond donors (Lipinski definition) is 3. The SMILES string of the molecule is CC(C)CC1(C)N=C(N)N(Cc2ccc(CNC(=O)NC(C)c3cccc4ccccc34)cc2)C1=O. The summed E-state index contributed by atoms with van der Waals surface area (Å²) in [6.07, 6.45) is 0.662. The van der Waals surface area contributed by atoms with E-state index in [0.29, 0.717) is 25.4 Å². The van der Waals surface area contributed by atoms with E-state index < -0.39 is 5.54 Å². The summed E-state index contributed by atoms with van der Waals surface area (Å²) in [5, 5.41) is 8.24. The van der Waals surface area contributed by atoms with Crippen molar-refractivity contribution >= 4 is 28.7 Å². The zero-order valence-electron chi connectivity index (χ0n) is 21.4. The van der Waals surface area contributed by atoms with Crippen molar-refractivity contribution in [1.29, 1.82) is 0 Å². The highest BCUT2D eigenvalue weighted by Crippen LogP contribution is 2.29. The second-order valence-electron chi connectivity index (χ2n) is 10.2. The molecule has 7 nitrogen and oxygen atoms in total. The molecular formula is C29H35N5O2. The van der Waals surface area contributed by atoms with E-state index in [0.717, 1.165) is 27.5 Å². The summed E-state index contributed by atoms with van der Waals surface area (Å²) in [5.74, 6) is 0.553. The average Bonchev–Trinajstić information content (AvgIpc) is 3.05. The van der Waals surface area contributed by atoms with Crippen LogP contribution in [0.1, 0.15) is 56.8 Å². The first kappa shape index (κ1) is 25.2. The van der Waals surface area contributed by atoms with Crippen LogP contribution in [-0.2, 0) is 17.9 Å². The monoisotopic (exact) mass is 485 g/mol. The lowest BCUT2D eigenvalue weighted by Gasteiger charge is -2.23. The molecule has 1 aliphatic rings. The summed E-state index contributed by atoms with van der Waals surface area (Å²) in [6, 6.07) is 21.7. The Morgan fingerprint density at radius 3 is 2.39 bits per heavy atom. The minimum atomic E-state index is -0.793. The van der Waals surface area contributed by atoms with Crippen molar-refractivity contribution in [2.24, 2.45) is 16.6 Å². The molecule has 0 aliphatic carbocycles. The molecule has 3 aromatic rings. The molecule has 1 aliphatic heterocycles. The van der Waals surface area contributed by atoms with Gasteiger partial charge in [-0.15, -0.1) is 0 Å². The van der Waals surface area contributed by atoms with Crippen molar-refractivity contribution in [3.05, 3.63) is 83.4 Å². The lowest BCUT2D eigenvalue weighted by molar-refractivity contribution is -0.131. The summed E-state index contributed by atoms with van der Waals surface area (Å²) in [7, 11) is 0. The van der Waals surface area contributed by atoms with Crippen LogP contribution in [-0.4, -0.2) is 28.3 Å². The van der Waals surface area contributed by atoms with Gasteiger partial charge in [-0.05, 0) is 53.6 Å². The minimum Gasteiger partial charge on any atom is -0.369 e. The number of aliphatic imine (C=N–C) groups is 1. The van der Waals surface area contributed by atoms with Gasteiger partial charge in [-0.25, -0.2) is 9.79 Å². The highest BCUT2D eigenvalue weighted by Gasteiger charge is 2.43. The van der Waals surface area contributed by atoms with Crippen LogP contribution < -0.4 is 16.4 Å². The van der Waals surface area contributed by atoms with Gasteiger partial charge in [0.1, 0.15) is 5.54 Å². The van der Waals surface area contributed by atoms with Gasteiger partial charge in [0.15, 0.2) is 5.96 Å². The number of urea groups is 1. The van der Waals surface area contributed by atoms with E-state index >= 15 is 0 Å². The second-order valence-corrected chi connectivity index (χ2v) is 10.2. The van der Waals surface area contributed by atoms with Crippen molar-refractivity contribution in [3.8, 4) is 0 Å². The standard InChI is InChI=1S/C29H35N5O2/c1-19(2)16-29(4)26(35)34(27(30)33-29)18-22-14-12-21(13-15-22)17-31-28(36)32-20(3)24-11-7-9-23-8-5-6-10-25(23)24/h5-15,19-20H,16-18H2,1-4H3,(H2,30,33)(H2,31,32,36). The van der Waals surface area contributed by atoms with Crippen LogP contribution in [0.3, 0.4) is 0 Å². The molecule has 0 radical (unpaired) electrons. The fourth-order valence-electron chi connectivity index (χ4n) is 4.92. The van der Waals surface area contributed by atoms with Crippen LogP contribution in [0.2, 0.25) is 0 Å². The topological polar surface area (TPSA) is 99.8 Å². The van der Waals surface area contributed by atoms with Crippen molar-refractivity contribution in [2.75, 3.05) is 0 Å². The third-order valence-electron chi connectivity index (χ3n) is 6.60. The van der Waals surface area contributed by atoms with Gasteiger partial charge in [-0.3, -0.25) is 9.69 Å². The Morgan fingerprint density at radius 1 is 1.00 bits per heavy atom. The molecular weight excluding hydrogens is 450 g/mol. The van der Waals surface area contributed by atoms with Crippen molar-refractivity contribution in [3.63, 3.8) is 0 Å². The zero-order valence-corrected chi connectivity index (χ0v) is 21.4. The van der Waals surface area contributed by atoms with Crippen molar-refractivity contribution in [2.45, 2.75) is 58.8 Å². The van der Waals surface area contributed by atoms with Crippen molar-refractivity contribution in [1.82, 2.24) is 15.5 Å². The number of benzene rings is 3. The first-order valence-corrected chi connectivity index (χ1v) is 12.4. The summed E-state index contributed by atoms with van der Waals surface area (Å²) in [5.41, 5.74) is 8.29. The van der Waals surface area contributed by atoms with E-state index in [2.05, 4.69) is 47.7 Å². The van der Waals surface area contributed by atoms with Gasteiger partial charge in [0.25, 0.3) is 5.91 Å². The molecule has 36 heavy (non-hydrogen) atoms. The maximum atomic E-state index is 13.0. The fraction of sp³-hybridized carbons (Fsp3) is 0.345. The van der Waals surface area contributed by atoms with Gasteiger partial charge in [-0.2, -0.15) is 0 Å².